The van der Waals surface area contributed by atoms with E-state index >= 15 is 0 Å². The first-order valence-electron chi connectivity index (χ1n) is 9.55. The van der Waals surface area contributed by atoms with Crippen molar-refractivity contribution in [3.63, 3.8) is 0 Å². The maximum atomic E-state index is 6.32. The molecule has 0 aliphatic heterocycles. The number of aryl methyl sites for hydroxylation is 1. The van der Waals surface area contributed by atoms with E-state index in [9.17, 15) is 0 Å². The molecule has 1 heteroatoms. The van der Waals surface area contributed by atoms with Gasteiger partial charge in [-0.05, 0) is 80.9 Å². The fourth-order valence-corrected chi connectivity index (χ4v) is 4.03. The summed E-state index contributed by atoms with van der Waals surface area (Å²) in [6, 6.07) is 6.85. The van der Waals surface area contributed by atoms with Crippen LogP contribution in [0.15, 0.2) is 30.4 Å². The van der Waals surface area contributed by atoms with Crippen LogP contribution in [-0.2, 0) is 0 Å². The highest BCUT2D eigenvalue weighted by atomic mass is 16.5. The smallest absolute Gasteiger partial charge is 0.122 e. The van der Waals surface area contributed by atoms with Gasteiger partial charge >= 0.3 is 0 Å². The van der Waals surface area contributed by atoms with Crippen molar-refractivity contribution >= 4 is 0 Å². The molecule has 0 heterocycles. The Morgan fingerprint density at radius 1 is 1.17 bits per heavy atom. The molecular formula is C22H34O. The predicted octanol–water partition coefficient (Wildman–Crippen LogP) is 6.80. The Morgan fingerprint density at radius 2 is 1.87 bits per heavy atom. The largest absolute Gasteiger partial charge is 0.490 e. The van der Waals surface area contributed by atoms with Crippen molar-refractivity contribution in [3.05, 3.63) is 41.5 Å². The Balaban J connectivity index is 2.24. The first kappa shape index (κ1) is 18.1. The van der Waals surface area contributed by atoms with Gasteiger partial charge in [0.15, 0.2) is 0 Å². The monoisotopic (exact) mass is 314 g/mol. The van der Waals surface area contributed by atoms with Crippen LogP contribution in [0, 0.1) is 12.8 Å². The van der Waals surface area contributed by atoms with Crippen LogP contribution in [0.4, 0.5) is 0 Å². The van der Waals surface area contributed by atoms with Gasteiger partial charge in [-0.1, -0.05) is 45.1 Å². The molecule has 128 valence electrons. The van der Waals surface area contributed by atoms with Gasteiger partial charge in [0.05, 0.1) is 6.10 Å². The quantitative estimate of drug-likeness (QED) is 0.479. The maximum absolute atomic E-state index is 6.32. The van der Waals surface area contributed by atoms with E-state index < -0.39 is 0 Å². The first-order valence-corrected chi connectivity index (χ1v) is 9.55. The third-order valence-electron chi connectivity index (χ3n) is 5.58. The summed E-state index contributed by atoms with van der Waals surface area (Å²) < 4.78 is 6.32. The molecule has 1 nitrogen and oxygen atoms in total. The lowest BCUT2D eigenvalue weighted by atomic mass is 9.77. The number of rotatable bonds is 8. The Labute approximate surface area is 143 Å². The van der Waals surface area contributed by atoms with E-state index in [1.54, 1.807) is 0 Å². The second kappa shape index (κ2) is 8.57. The molecule has 1 saturated carbocycles. The van der Waals surface area contributed by atoms with E-state index in [0.717, 1.165) is 25.0 Å². The fraction of sp³-hybridized carbons (Fsp3) is 0.636. The van der Waals surface area contributed by atoms with Gasteiger partial charge in [0.2, 0.25) is 0 Å². The average molecular weight is 315 g/mol. The van der Waals surface area contributed by atoms with Gasteiger partial charge in [-0.2, -0.15) is 0 Å². The molecule has 2 atom stereocenters. The minimum Gasteiger partial charge on any atom is -0.490 e. The summed E-state index contributed by atoms with van der Waals surface area (Å²) in [7, 11) is 0. The first-order chi connectivity index (χ1) is 11.1. The summed E-state index contributed by atoms with van der Waals surface area (Å²) in [6.07, 6.45) is 8.88. The lowest BCUT2D eigenvalue weighted by Gasteiger charge is -2.28. The molecule has 0 amide bonds. The van der Waals surface area contributed by atoms with Gasteiger partial charge in [-0.3, -0.25) is 0 Å². The van der Waals surface area contributed by atoms with E-state index in [1.165, 1.54) is 42.4 Å². The molecule has 2 rings (SSSR count). The standard InChI is InChI=1S/C22H34O/c1-6-16(4)20(7-2)21(8-3)18-14-13-17(5)22(15-18)23-19-11-9-10-12-19/h13-15,19-21H,4,6-12H2,1-3,5H3. The van der Waals surface area contributed by atoms with Crippen molar-refractivity contribution < 1.29 is 4.74 Å². The number of hydrogen-bond acceptors (Lipinski definition) is 1. The van der Waals surface area contributed by atoms with Crippen molar-refractivity contribution in [3.8, 4) is 5.75 Å². The Kier molecular flexibility index (Phi) is 6.74. The third kappa shape index (κ3) is 4.40. The molecule has 0 saturated heterocycles. The van der Waals surface area contributed by atoms with Crippen LogP contribution >= 0.6 is 0 Å². The Morgan fingerprint density at radius 3 is 2.43 bits per heavy atom. The van der Waals surface area contributed by atoms with Crippen molar-refractivity contribution in [2.45, 2.75) is 84.7 Å². The van der Waals surface area contributed by atoms with E-state index in [-0.39, 0.29) is 0 Å². The van der Waals surface area contributed by atoms with Crippen LogP contribution in [0.3, 0.4) is 0 Å². The van der Waals surface area contributed by atoms with Gasteiger partial charge in [-0.15, -0.1) is 0 Å². The van der Waals surface area contributed by atoms with Crippen LogP contribution in [0.5, 0.6) is 5.75 Å². The molecule has 0 spiro atoms. The van der Waals surface area contributed by atoms with Crippen LogP contribution in [0.2, 0.25) is 0 Å². The van der Waals surface area contributed by atoms with Crippen molar-refractivity contribution in [2.75, 3.05) is 0 Å². The second-order valence-corrected chi connectivity index (χ2v) is 7.09. The molecule has 1 aliphatic carbocycles. The zero-order chi connectivity index (χ0) is 16.8. The molecule has 23 heavy (non-hydrogen) atoms. The minimum atomic E-state index is 0.427. The van der Waals surface area contributed by atoms with Gasteiger partial charge in [-0.25, -0.2) is 0 Å². The summed E-state index contributed by atoms with van der Waals surface area (Å²) in [5, 5.41) is 0. The molecule has 0 bridgehead atoms. The van der Waals surface area contributed by atoms with Gasteiger partial charge in [0.1, 0.15) is 5.75 Å². The zero-order valence-corrected chi connectivity index (χ0v) is 15.5. The molecule has 0 radical (unpaired) electrons. The SMILES string of the molecule is C=C(CC)C(CC)C(CC)c1ccc(C)c(OC2CCCC2)c1. The molecule has 0 aromatic heterocycles. The summed E-state index contributed by atoms with van der Waals surface area (Å²) in [6.45, 7) is 13.3. The van der Waals surface area contributed by atoms with Gasteiger partial charge in [0.25, 0.3) is 0 Å². The lowest BCUT2D eigenvalue weighted by molar-refractivity contribution is 0.208. The van der Waals surface area contributed by atoms with E-state index in [1.807, 2.05) is 0 Å². The topological polar surface area (TPSA) is 9.23 Å². The van der Waals surface area contributed by atoms with E-state index in [4.69, 9.17) is 4.74 Å². The second-order valence-electron chi connectivity index (χ2n) is 7.09. The molecule has 2 unspecified atom stereocenters. The summed E-state index contributed by atoms with van der Waals surface area (Å²) >= 11 is 0. The van der Waals surface area contributed by atoms with Crippen molar-refractivity contribution in [1.29, 1.82) is 0 Å². The number of hydrogen-bond donors (Lipinski definition) is 0. The van der Waals surface area contributed by atoms with Gasteiger partial charge < -0.3 is 4.74 Å². The molecule has 1 aliphatic rings. The predicted molar refractivity (Wildman–Crippen MR) is 100 cm³/mol. The number of benzene rings is 1. The Hall–Kier alpha value is -1.24. The van der Waals surface area contributed by atoms with Crippen molar-refractivity contribution in [2.24, 2.45) is 5.92 Å². The highest BCUT2D eigenvalue weighted by molar-refractivity contribution is 5.39. The fourth-order valence-electron chi connectivity index (χ4n) is 4.03. The van der Waals surface area contributed by atoms with Gasteiger partial charge in [0, 0.05) is 0 Å². The average Bonchev–Trinajstić information content (AvgIpc) is 3.07. The van der Waals surface area contributed by atoms with E-state index in [2.05, 4.69) is 52.5 Å². The van der Waals surface area contributed by atoms with E-state index in [0.29, 0.717) is 17.9 Å². The zero-order valence-electron chi connectivity index (χ0n) is 15.5. The van der Waals surface area contributed by atoms with Crippen LogP contribution in [-0.4, -0.2) is 6.10 Å². The highest BCUT2D eigenvalue weighted by Crippen LogP contribution is 2.38. The molecule has 0 N–H and O–H groups in total. The molecule has 1 fully saturated rings. The molecule has 1 aromatic carbocycles. The third-order valence-corrected chi connectivity index (χ3v) is 5.58. The summed E-state index contributed by atoms with van der Waals surface area (Å²) in [4.78, 5) is 0. The maximum Gasteiger partial charge on any atom is 0.122 e. The van der Waals surface area contributed by atoms with Crippen LogP contribution in [0.25, 0.3) is 0 Å². The minimum absolute atomic E-state index is 0.427. The molecule has 1 aromatic rings. The highest BCUT2D eigenvalue weighted by Gasteiger charge is 2.23. The summed E-state index contributed by atoms with van der Waals surface area (Å²) in [5.74, 6) is 2.23. The number of ether oxygens (including phenoxy) is 1. The van der Waals surface area contributed by atoms with Crippen LogP contribution in [0.1, 0.15) is 82.8 Å². The number of allylic oxidation sites excluding steroid dienone is 1. The lowest BCUT2D eigenvalue weighted by Crippen LogP contribution is -2.15. The van der Waals surface area contributed by atoms with Crippen molar-refractivity contribution in [1.82, 2.24) is 0 Å². The normalized spacial score (nSPS) is 17.9. The summed E-state index contributed by atoms with van der Waals surface area (Å²) in [5.41, 5.74) is 4.07. The molecular weight excluding hydrogens is 280 g/mol. The Bertz CT molecular complexity index is 511. The van der Waals surface area contributed by atoms with Crippen LogP contribution < -0.4 is 4.74 Å².